The zero-order valence-corrected chi connectivity index (χ0v) is 17.9. The third kappa shape index (κ3) is 6.04. The number of hydrogen-bond acceptors (Lipinski definition) is 6. The Hall–Kier alpha value is -3.42. The quantitative estimate of drug-likeness (QED) is 0.663. The van der Waals surface area contributed by atoms with Crippen LogP contribution in [0.5, 0.6) is 0 Å². The van der Waals surface area contributed by atoms with E-state index < -0.39 is 5.97 Å². The van der Waals surface area contributed by atoms with Gasteiger partial charge in [0.15, 0.2) is 0 Å². The van der Waals surface area contributed by atoms with Gasteiger partial charge in [0.1, 0.15) is 5.82 Å². The van der Waals surface area contributed by atoms with E-state index in [0.29, 0.717) is 29.8 Å². The van der Waals surface area contributed by atoms with Crippen molar-refractivity contribution in [2.24, 2.45) is 5.92 Å². The molecule has 3 rings (SSSR count). The van der Waals surface area contributed by atoms with E-state index in [1.807, 2.05) is 18.2 Å². The van der Waals surface area contributed by atoms with Crippen LogP contribution in [0.25, 0.3) is 0 Å². The topological polar surface area (TPSA) is 101 Å². The van der Waals surface area contributed by atoms with E-state index in [9.17, 15) is 14.4 Å². The fraction of sp³-hybridized carbons (Fsp3) is 0.391. The number of esters is 1. The Morgan fingerprint density at radius 2 is 2.06 bits per heavy atom. The summed E-state index contributed by atoms with van der Waals surface area (Å²) in [6, 6.07) is 10.7. The number of amides is 2. The molecule has 2 N–H and O–H groups in total. The number of nitrogens with one attached hydrogen (secondary N) is 2. The summed E-state index contributed by atoms with van der Waals surface area (Å²) in [4.78, 5) is 43.1. The highest BCUT2D eigenvalue weighted by Gasteiger charge is 2.26. The van der Waals surface area contributed by atoms with Gasteiger partial charge in [0.05, 0.1) is 18.6 Å². The molecule has 1 aromatic heterocycles. The molecule has 8 nitrogen and oxygen atoms in total. The number of benzene rings is 1. The highest BCUT2D eigenvalue weighted by atomic mass is 16.5. The lowest BCUT2D eigenvalue weighted by molar-refractivity contribution is -0.125. The van der Waals surface area contributed by atoms with Crippen LogP contribution in [0.3, 0.4) is 0 Å². The first kappa shape index (κ1) is 22.3. The van der Waals surface area contributed by atoms with Crippen molar-refractivity contribution >= 4 is 29.3 Å². The van der Waals surface area contributed by atoms with Crippen LogP contribution < -0.4 is 15.5 Å². The minimum absolute atomic E-state index is 0.0387. The highest BCUT2D eigenvalue weighted by Crippen LogP contribution is 2.22. The van der Waals surface area contributed by atoms with Crippen molar-refractivity contribution in [2.45, 2.75) is 32.7 Å². The minimum atomic E-state index is -0.501. The molecule has 0 radical (unpaired) electrons. The van der Waals surface area contributed by atoms with Gasteiger partial charge in [0.2, 0.25) is 11.8 Å². The Bertz CT molecular complexity index is 932. The zero-order valence-electron chi connectivity index (χ0n) is 17.9. The molecule has 31 heavy (non-hydrogen) atoms. The van der Waals surface area contributed by atoms with Gasteiger partial charge in [-0.05, 0) is 48.7 Å². The Balaban J connectivity index is 1.66. The molecule has 1 aliphatic rings. The molecule has 8 heteroatoms. The number of anilines is 2. The first-order chi connectivity index (χ1) is 15.0. The van der Waals surface area contributed by atoms with E-state index in [2.05, 4.69) is 20.5 Å². The van der Waals surface area contributed by atoms with Gasteiger partial charge >= 0.3 is 5.97 Å². The van der Waals surface area contributed by atoms with Crippen molar-refractivity contribution in [1.29, 1.82) is 0 Å². The van der Waals surface area contributed by atoms with E-state index in [1.54, 1.807) is 31.3 Å². The van der Waals surface area contributed by atoms with Crippen molar-refractivity contribution in [2.75, 3.05) is 30.4 Å². The molecule has 0 saturated carbocycles. The smallest absolute Gasteiger partial charge is 0.337 e. The molecular formula is C23H28N4O4. The maximum atomic E-state index is 12.8. The molecule has 1 saturated heterocycles. The SMILES string of the molecule is CCC(=O)Nc1cc(CNC(=O)C2CCCN(c3ccccn3)C2)cc(C(=O)OC)c1. The molecule has 1 atom stereocenters. The molecule has 2 amide bonds. The molecule has 2 heterocycles. The van der Waals surface area contributed by atoms with Crippen molar-refractivity contribution in [1.82, 2.24) is 10.3 Å². The lowest BCUT2D eigenvalue weighted by Gasteiger charge is -2.32. The third-order valence-electron chi connectivity index (χ3n) is 5.25. The lowest BCUT2D eigenvalue weighted by Crippen LogP contribution is -2.43. The van der Waals surface area contributed by atoms with E-state index in [4.69, 9.17) is 4.74 Å². The summed E-state index contributed by atoms with van der Waals surface area (Å²) in [6.07, 6.45) is 3.81. The van der Waals surface area contributed by atoms with E-state index in [-0.39, 0.29) is 24.3 Å². The largest absolute Gasteiger partial charge is 0.465 e. The van der Waals surface area contributed by atoms with E-state index in [0.717, 1.165) is 25.2 Å². The van der Waals surface area contributed by atoms with Crippen molar-refractivity contribution < 1.29 is 19.1 Å². The number of carbonyl (C=O) groups is 3. The normalized spacial score (nSPS) is 15.8. The molecule has 1 aliphatic heterocycles. The second-order valence-electron chi connectivity index (χ2n) is 7.50. The fourth-order valence-corrected chi connectivity index (χ4v) is 3.62. The van der Waals surface area contributed by atoms with Gasteiger partial charge in [-0.2, -0.15) is 0 Å². The van der Waals surface area contributed by atoms with Gasteiger partial charge in [-0.25, -0.2) is 9.78 Å². The van der Waals surface area contributed by atoms with Gasteiger partial charge in [0, 0.05) is 37.9 Å². The Kier molecular flexibility index (Phi) is 7.59. The van der Waals surface area contributed by atoms with Crippen LogP contribution in [0.4, 0.5) is 11.5 Å². The van der Waals surface area contributed by atoms with Gasteiger partial charge in [-0.1, -0.05) is 13.0 Å². The first-order valence-electron chi connectivity index (χ1n) is 10.5. The molecule has 1 unspecified atom stereocenters. The molecule has 1 aromatic carbocycles. The average Bonchev–Trinajstić information content (AvgIpc) is 2.82. The van der Waals surface area contributed by atoms with Crippen molar-refractivity contribution in [3.63, 3.8) is 0 Å². The predicted octanol–water partition coefficient (Wildman–Crippen LogP) is 2.75. The predicted molar refractivity (Wildman–Crippen MR) is 118 cm³/mol. The van der Waals surface area contributed by atoms with Crippen LogP contribution in [-0.4, -0.2) is 43.0 Å². The summed E-state index contributed by atoms with van der Waals surface area (Å²) in [5.41, 5.74) is 1.53. The van der Waals surface area contributed by atoms with Gasteiger partial charge in [-0.15, -0.1) is 0 Å². The number of aromatic nitrogens is 1. The number of nitrogens with zero attached hydrogens (tertiary/aromatic N) is 2. The van der Waals surface area contributed by atoms with Crippen molar-refractivity contribution in [3.8, 4) is 0 Å². The molecule has 0 spiro atoms. The van der Waals surface area contributed by atoms with E-state index in [1.165, 1.54) is 7.11 Å². The van der Waals surface area contributed by atoms with Crippen LogP contribution in [0.1, 0.15) is 42.1 Å². The summed E-state index contributed by atoms with van der Waals surface area (Å²) >= 11 is 0. The third-order valence-corrected chi connectivity index (χ3v) is 5.25. The molecule has 0 aliphatic carbocycles. The molecule has 2 aromatic rings. The van der Waals surface area contributed by atoms with Crippen LogP contribution in [0, 0.1) is 5.92 Å². The summed E-state index contributed by atoms with van der Waals surface area (Å²) < 4.78 is 4.80. The van der Waals surface area contributed by atoms with Gasteiger partial charge in [-0.3, -0.25) is 9.59 Å². The summed E-state index contributed by atoms with van der Waals surface area (Å²) in [6.45, 7) is 3.49. The number of piperidine rings is 1. The maximum Gasteiger partial charge on any atom is 0.337 e. The second-order valence-corrected chi connectivity index (χ2v) is 7.50. The first-order valence-corrected chi connectivity index (χ1v) is 10.5. The van der Waals surface area contributed by atoms with Crippen LogP contribution in [0.2, 0.25) is 0 Å². The van der Waals surface area contributed by atoms with Gasteiger partial charge in [0.25, 0.3) is 0 Å². The van der Waals surface area contributed by atoms with Crippen molar-refractivity contribution in [3.05, 3.63) is 53.7 Å². The van der Waals surface area contributed by atoms with Crippen LogP contribution in [0.15, 0.2) is 42.6 Å². The number of pyridine rings is 1. The van der Waals surface area contributed by atoms with Gasteiger partial charge < -0.3 is 20.3 Å². The number of hydrogen-bond donors (Lipinski definition) is 2. The zero-order chi connectivity index (χ0) is 22.2. The highest BCUT2D eigenvalue weighted by molar-refractivity contribution is 5.94. The Morgan fingerprint density at radius 3 is 2.77 bits per heavy atom. The standard InChI is InChI=1S/C23H28N4O4/c1-3-21(28)26-19-12-16(11-18(13-19)23(30)31-2)14-25-22(29)17-7-6-10-27(15-17)20-8-4-5-9-24-20/h4-5,8-9,11-13,17H,3,6-7,10,14-15H2,1-2H3,(H,25,29)(H,26,28). The van der Waals surface area contributed by atoms with E-state index >= 15 is 0 Å². The molecular weight excluding hydrogens is 396 g/mol. The fourth-order valence-electron chi connectivity index (χ4n) is 3.62. The second kappa shape index (κ2) is 10.6. The number of ether oxygens (including phenoxy) is 1. The lowest BCUT2D eigenvalue weighted by atomic mass is 9.97. The average molecular weight is 425 g/mol. The molecule has 164 valence electrons. The Morgan fingerprint density at radius 1 is 1.23 bits per heavy atom. The molecule has 0 bridgehead atoms. The number of carbonyl (C=O) groups excluding carboxylic acids is 3. The maximum absolute atomic E-state index is 12.8. The molecule has 1 fully saturated rings. The number of methoxy groups -OCH3 is 1. The monoisotopic (exact) mass is 424 g/mol. The summed E-state index contributed by atoms with van der Waals surface area (Å²) in [5.74, 6) is 0.0384. The van der Waals surface area contributed by atoms with Crippen LogP contribution >= 0.6 is 0 Å². The Labute approximate surface area is 182 Å². The number of rotatable bonds is 7. The van der Waals surface area contributed by atoms with Crippen LogP contribution in [-0.2, 0) is 20.9 Å². The summed E-state index contributed by atoms with van der Waals surface area (Å²) in [5, 5.41) is 5.72. The summed E-state index contributed by atoms with van der Waals surface area (Å²) in [7, 11) is 1.30. The minimum Gasteiger partial charge on any atom is -0.465 e.